The van der Waals surface area contributed by atoms with Gasteiger partial charge in [-0.25, -0.2) is 0 Å². The molecular weight excluding hydrogens is 276 g/mol. The van der Waals surface area contributed by atoms with E-state index in [4.69, 9.17) is 5.73 Å². The van der Waals surface area contributed by atoms with Crippen molar-refractivity contribution in [2.24, 2.45) is 0 Å². The molecular formula is C13H16N4O2S. The monoisotopic (exact) mass is 292 g/mol. The number of nitrogens with zero attached hydrogens (tertiary/aromatic N) is 1. The molecule has 0 saturated heterocycles. The number of benzene rings is 1. The number of thiazole rings is 1. The maximum absolute atomic E-state index is 12.0. The number of rotatable bonds is 4. The number of aromatic amines is 1. The Labute approximate surface area is 120 Å². The van der Waals surface area contributed by atoms with Crippen LogP contribution in [0.3, 0.4) is 0 Å². The highest BCUT2D eigenvalue weighted by molar-refractivity contribution is 7.07. The van der Waals surface area contributed by atoms with Crippen molar-refractivity contribution in [2.45, 2.75) is 6.54 Å². The smallest absolute Gasteiger partial charge is 0.304 e. The fraction of sp³-hybridized carbons (Fsp3) is 0.231. The van der Waals surface area contributed by atoms with E-state index in [1.807, 2.05) is 19.0 Å². The lowest BCUT2D eigenvalue weighted by atomic mass is 10.1. The van der Waals surface area contributed by atoms with Crippen LogP contribution in [0.1, 0.15) is 16.1 Å². The second-order valence-electron chi connectivity index (χ2n) is 4.52. The number of carbonyl (C=O) groups excluding carboxylic acids is 1. The summed E-state index contributed by atoms with van der Waals surface area (Å²) in [5, 5.41) is 4.42. The lowest BCUT2D eigenvalue weighted by molar-refractivity contribution is 0.0950. The molecule has 0 fully saturated rings. The topological polar surface area (TPSA) is 91.2 Å². The summed E-state index contributed by atoms with van der Waals surface area (Å²) in [6.07, 6.45) is 0. The van der Waals surface area contributed by atoms with Crippen molar-refractivity contribution in [2.75, 3.05) is 24.7 Å². The van der Waals surface area contributed by atoms with Crippen LogP contribution < -0.4 is 20.8 Å². The first-order chi connectivity index (χ1) is 9.47. The minimum Gasteiger partial charge on any atom is -0.397 e. The van der Waals surface area contributed by atoms with Crippen molar-refractivity contribution < 1.29 is 4.79 Å². The number of amides is 1. The number of aromatic nitrogens is 1. The van der Waals surface area contributed by atoms with Gasteiger partial charge in [-0.15, -0.1) is 0 Å². The lowest BCUT2D eigenvalue weighted by Crippen LogP contribution is -2.23. The molecule has 4 N–H and O–H groups in total. The van der Waals surface area contributed by atoms with Crippen LogP contribution in [0.4, 0.5) is 11.4 Å². The zero-order valence-corrected chi connectivity index (χ0v) is 12.1. The van der Waals surface area contributed by atoms with Gasteiger partial charge in [-0.3, -0.25) is 9.59 Å². The van der Waals surface area contributed by atoms with Crippen LogP contribution in [-0.2, 0) is 6.54 Å². The largest absolute Gasteiger partial charge is 0.397 e. The molecule has 0 radical (unpaired) electrons. The van der Waals surface area contributed by atoms with Gasteiger partial charge in [0.1, 0.15) is 0 Å². The van der Waals surface area contributed by atoms with E-state index in [0.717, 1.165) is 17.0 Å². The van der Waals surface area contributed by atoms with Crippen molar-refractivity contribution in [3.63, 3.8) is 0 Å². The molecule has 1 heterocycles. The second-order valence-corrected chi connectivity index (χ2v) is 5.37. The van der Waals surface area contributed by atoms with E-state index in [9.17, 15) is 9.59 Å². The van der Waals surface area contributed by atoms with Crippen molar-refractivity contribution in [1.29, 1.82) is 0 Å². The molecule has 0 aliphatic carbocycles. The van der Waals surface area contributed by atoms with E-state index >= 15 is 0 Å². The van der Waals surface area contributed by atoms with Crippen molar-refractivity contribution in [3.8, 4) is 0 Å². The molecule has 7 heteroatoms. The second kappa shape index (κ2) is 5.79. The summed E-state index contributed by atoms with van der Waals surface area (Å²) < 4.78 is 0. The zero-order chi connectivity index (χ0) is 14.7. The fourth-order valence-electron chi connectivity index (χ4n) is 1.78. The van der Waals surface area contributed by atoms with Crippen molar-refractivity contribution in [3.05, 3.63) is 44.5 Å². The summed E-state index contributed by atoms with van der Waals surface area (Å²) in [6, 6.07) is 5.16. The number of anilines is 2. The van der Waals surface area contributed by atoms with Crippen LogP contribution in [0.2, 0.25) is 0 Å². The molecule has 20 heavy (non-hydrogen) atoms. The Morgan fingerprint density at radius 2 is 2.20 bits per heavy atom. The normalized spacial score (nSPS) is 10.3. The molecule has 0 aliphatic rings. The van der Waals surface area contributed by atoms with Gasteiger partial charge in [0.15, 0.2) is 0 Å². The molecule has 0 spiro atoms. The summed E-state index contributed by atoms with van der Waals surface area (Å²) in [4.78, 5) is 27.4. The third-order valence-electron chi connectivity index (χ3n) is 2.78. The van der Waals surface area contributed by atoms with Gasteiger partial charge in [0, 0.05) is 30.7 Å². The minimum absolute atomic E-state index is 0.131. The molecule has 2 aromatic rings. The summed E-state index contributed by atoms with van der Waals surface area (Å²) in [5.41, 5.74) is 8.49. The van der Waals surface area contributed by atoms with Crippen molar-refractivity contribution in [1.82, 2.24) is 10.3 Å². The molecule has 1 aromatic carbocycles. The Hall–Kier alpha value is -2.28. The molecule has 0 unspecified atom stereocenters. The number of nitrogens with one attached hydrogen (secondary N) is 2. The highest BCUT2D eigenvalue weighted by atomic mass is 32.1. The average Bonchev–Trinajstić information content (AvgIpc) is 2.81. The summed E-state index contributed by atoms with van der Waals surface area (Å²) in [6.45, 7) is 0.285. The molecule has 1 aromatic heterocycles. The third-order valence-corrected chi connectivity index (χ3v) is 3.50. The first kappa shape index (κ1) is 14.1. The van der Waals surface area contributed by atoms with E-state index in [1.54, 1.807) is 23.6 Å². The Morgan fingerprint density at radius 1 is 1.45 bits per heavy atom. The quantitative estimate of drug-likeness (QED) is 0.734. The summed E-state index contributed by atoms with van der Waals surface area (Å²) in [5.74, 6) is -0.228. The van der Waals surface area contributed by atoms with E-state index < -0.39 is 0 Å². The van der Waals surface area contributed by atoms with Gasteiger partial charge in [0.05, 0.1) is 17.9 Å². The van der Waals surface area contributed by atoms with E-state index in [2.05, 4.69) is 10.3 Å². The van der Waals surface area contributed by atoms with Gasteiger partial charge in [0.25, 0.3) is 5.91 Å². The SMILES string of the molecule is CN(C)c1ccc(C(=O)NCc2csc(=O)[nH]2)cc1N. The van der Waals surface area contributed by atoms with Gasteiger partial charge in [-0.05, 0) is 18.2 Å². The summed E-state index contributed by atoms with van der Waals surface area (Å²) >= 11 is 1.07. The Morgan fingerprint density at radius 3 is 2.75 bits per heavy atom. The molecule has 0 atom stereocenters. The van der Waals surface area contributed by atoms with Gasteiger partial charge in [-0.2, -0.15) is 0 Å². The number of nitrogen functional groups attached to an aromatic ring is 1. The maximum Gasteiger partial charge on any atom is 0.304 e. The fourth-order valence-corrected chi connectivity index (χ4v) is 2.36. The lowest BCUT2D eigenvalue weighted by Gasteiger charge is -2.15. The molecule has 0 saturated carbocycles. The molecule has 1 amide bonds. The summed E-state index contributed by atoms with van der Waals surface area (Å²) in [7, 11) is 3.77. The van der Waals surface area contributed by atoms with Crippen LogP contribution in [0.15, 0.2) is 28.4 Å². The number of hydrogen-bond donors (Lipinski definition) is 3. The van der Waals surface area contributed by atoms with E-state index in [-0.39, 0.29) is 17.3 Å². The van der Waals surface area contributed by atoms with E-state index in [1.165, 1.54) is 0 Å². The van der Waals surface area contributed by atoms with Gasteiger partial charge in [-0.1, -0.05) is 11.3 Å². The van der Waals surface area contributed by atoms with Gasteiger partial charge >= 0.3 is 4.87 Å². The molecule has 0 aliphatic heterocycles. The molecule has 6 nitrogen and oxygen atoms in total. The maximum atomic E-state index is 12.0. The first-order valence-electron chi connectivity index (χ1n) is 5.99. The standard InChI is InChI=1S/C13H16N4O2S/c1-17(2)11-4-3-8(5-10(11)14)12(18)15-6-9-7-20-13(19)16-9/h3-5,7H,6,14H2,1-2H3,(H,15,18)(H,16,19). The number of carbonyl (C=O) groups is 1. The number of nitrogens with two attached hydrogens (primary N) is 1. The minimum atomic E-state index is -0.228. The van der Waals surface area contributed by atoms with Crippen molar-refractivity contribution >= 4 is 28.6 Å². The Bertz CT molecular complexity index is 675. The van der Waals surface area contributed by atoms with Crippen LogP contribution >= 0.6 is 11.3 Å². The third kappa shape index (κ3) is 3.18. The van der Waals surface area contributed by atoms with Crippen LogP contribution in [0.5, 0.6) is 0 Å². The molecule has 2 rings (SSSR count). The predicted octanol–water partition coefficient (Wildman–Crippen LogP) is 1.01. The molecule has 106 valence electrons. The first-order valence-corrected chi connectivity index (χ1v) is 6.87. The predicted molar refractivity (Wildman–Crippen MR) is 81.3 cm³/mol. The van der Waals surface area contributed by atoms with Gasteiger partial charge < -0.3 is 20.9 Å². The Kier molecular flexibility index (Phi) is 4.09. The zero-order valence-electron chi connectivity index (χ0n) is 11.3. The number of hydrogen-bond acceptors (Lipinski definition) is 5. The van der Waals surface area contributed by atoms with Crippen LogP contribution in [0.25, 0.3) is 0 Å². The number of H-pyrrole nitrogens is 1. The Balaban J connectivity index is 2.06. The van der Waals surface area contributed by atoms with Gasteiger partial charge in [0.2, 0.25) is 0 Å². The average molecular weight is 292 g/mol. The van der Waals surface area contributed by atoms with E-state index in [0.29, 0.717) is 16.9 Å². The molecule has 0 bridgehead atoms. The van der Waals surface area contributed by atoms with Crippen LogP contribution in [0, 0.1) is 0 Å². The highest BCUT2D eigenvalue weighted by Crippen LogP contribution is 2.22. The van der Waals surface area contributed by atoms with Crippen LogP contribution in [-0.4, -0.2) is 25.0 Å². The highest BCUT2D eigenvalue weighted by Gasteiger charge is 2.09.